The first-order valence-corrected chi connectivity index (χ1v) is 27.3. The van der Waals surface area contributed by atoms with E-state index in [2.05, 4.69) is 40.4 Å². The third-order valence-corrected chi connectivity index (χ3v) is 14.6. The van der Waals surface area contributed by atoms with Crippen LogP contribution in [0, 0.1) is 0 Å². The van der Waals surface area contributed by atoms with E-state index < -0.39 is 0 Å². The van der Waals surface area contributed by atoms with Crippen molar-refractivity contribution in [3.8, 4) is 11.5 Å². The molecule has 5 N–H and O–H groups in total. The molecule has 2 aliphatic heterocycles. The molecule has 3 amide bonds. The van der Waals surface area contributed by atoms with Crippen molar-refractivity contribution in [3.63, 3.8) is 0 Å². The number of amides is 3. The van der Waals surface area contributed by atoms with Gasteiger partial charge in [-0.25, -0.2) is 0 Å². The van der Waals surface area contributed by atoms with Gasteiger partial charge in [0, 0.05) is 37.2 Å². The molecule has 64 heavy (non-hydrogen) atoms. The van der Waals surface area contributed by atoms with Gasteiger partial charge in [-0.15, -0.1) is 23.5 Å². The lowest BCUT2D eigenvalue weighted by atomic mass is 10.1. The van der Waals surface area contributed by atoms with Crippen LogP contribution in [0.1, 0.15) is 197 Å². The Bertz CT molecular complexity index is 1550. The number of unbranched alkanes of at least 4 members (excludes halogenated alkanes) is 22. The minimum absolute atomic E-state index is 0.0731. The van der Waals surface area contributed by atoms with Gasteiger partial charge in [0.05, 0.1) is 37.1 Å². The summed E-state index contributed by atoms with van der Waals surface area (Å²) in [7, 11) is 3.28. The molecule has 2 aromatic carbocycles. The Labute approximate surface area is 397 Å². The second kappa shape index (κ2) is 35.3. The number of carbonyl (C=O) groups excluding carboxylic acids is 3. The molecule has 2 saturated heterocycles. The Morgan fingerprint density at radius 1 is 0.531 bits per heavy atom. The van der Waals surface area contributed by atoms with E-state index in [4.69, 9.17) is 9.47 Å². The second-order valence-electron chi connectivity index (χ2n) is 17.6. The Balaban J connectivity index is 0.000000340. The summed E-state index contributed by atoms with van der Waals surface area (Å²) >= 11 is 3.51. The van der Waals surface area contributed by atoms with Crippen molar-refractivity contribution in [1.29, 1.82) is 0 Å². The second-order valence-corrected chi connectivity index (χ2v) is 19.9. The van der Waals surface area contributed by atoms with Gasteiger partial charge in [-0.05, 0) is 48.2 Å². The fourth-order valence-corrected chi connectivity index (χ4v) is 10.7. The summed E-state index contributed by atoms with van der Waals surface area (Å²) in [4.78, 5) is 36.1. The minimum Gasteiger partial charge on any atom is -0.493 e. The monoisotopic (exact) mass is 926 g/mol. The smallest absolute Gasteiger partial charge is 0.238 e. The molecule has 0 radical (unpaired) electrons. The van der Waals surface area contributed by atoms with Gasteiger partial charge >= 0.3 is 0 Å². The predicted molar refractivity (Wildman–Crippen MR) is 273 cm³/mol. The molecule has 10 nitrogen and oxygen atoms in total. The third kappa shape index (κ3) is 23.5. The first-order chi connectivity index (χ1) is 31.3. The van der Waals surface area contributed by atoms with Crippen molar-refractivity contribution in [2.24, 2.45) is 0 Å². The van der Waals surface area contributed by atoms with Crippen LogP contribution in [0.15, 0.2) is 42.5 Å². The average Bonchev–Trinajstić information content (AvgIpc) is 4.01. The highest BCUT2D eigenvalue weighted by molar-refractivity contribution is 8.00. The Morgan fingerprint density at radius 2 is 0.906 bits per heavy atom. The van der Waals surface area contributed by atoms with E-state index in [1.165, 1.54) is 148 Å². The molecule has 12 heteroatoms. The van der Waals surface area contributed by atoms with Gasteiger partial charge in [0.25, 0.3) is 0 Å². The van der Waals surface area contributed by atoms with Crippen LogP contribution in [-0.4, -0.2) is 68.6 Å². The van der Waals surface area contributed by atoms with E-state index in [1.807, 2.05) is 42.5 Å². The largest absolute Gasteiger partial charge is 0.493 e. The Hall–Kier alpha value is -2.93. The first kappa shape index (κ1) is 55.4. The van der Waals surface area contributed by atoms with Crippen molar-refractivity contribution in [3.05, 3.63) is 53.6 Å². The summed E-state index contributed by atoms with van der Waals surface area (Å²) in [6.07, 6.45) is 31.9. The molecule has 2 aliphatic rings. The zero-order valence-corrected chi connectivity index (χ0v) is 42.1. The van der Waals surface area contributed by atoms with Crippen LogP contribution >= 0.6 is 23.5 Å². The number of anilines is 1. The minimum atomic E-state index is -0.143. The number of thioether (sulfide) groups is 2. The van der Waals surface area contributed by atoms with Gasteiger partial charge in [-0.3, -0.25) is 25.0 Å². The SMILES string of the molecule is CCCCCCCCCCCCCCNC(=O)[C@@H]1CSC(c2ccc(NC(C)=O)cc2)N1.CCCCCCCCCCCCCCNC(=O)[C@H]1CSC(c2ccc(OC)c(OC)c2)N1. The van der Waals surface area contributed by atoms with Crippen LogP contribution < -0.4 is 36.1 Å². The standard InChI is InChI=1S/C26H43N3O2S.C26H44N2O3S/c1-3-4-5-6-7-8-9-10-11-12-13-14-19-27-25(31)24-20-32-26(29-24)22-15-17-23(18-16-22)28-21(2)30;1-4-5-6-7-8-9-10-11-12-13-14-15-18-27-25(29)22-20-32-26(28-22)21-16-17-23(30-2)24(19-21)31-3/h15-18,24,26,29H,3-14,19-20H2,1-2H3,(H,27,31)(H,28,30);16-17,19,22,26,28H,4-15,18,20H2,1-3H3,(H,27,29)/t24-,26?;22-,26?/m01/s1. The topological polar surface area (TPSA) is 130 Å². The van der Waals surface area contributed by atoms with Crippen LogP contribution in [0.3, 0.4) is 0 Å². The van der Waals surface area contributed by atoms with Gasteiger partial charge in [0.15, 0.2) is 11.5 Å². The van der Waals surface area contributed by atoms with Crippen LogP contribution in [0.4, 0.5) is 5.69 Å². The lowest BCUT2D eigenvalue weighted by molar-refractivity contribution is -0.123. The molecule has 2 heterocycles. The molecule has 0 aliphatic carbocycles. The normalized spacial score (nSPS) is 18.0. The Kier molecular flexibility index (Phi) is 30.5. The van der Waals surface area contributed by atoms with Gasteiger partial charge in [0.2, 0.25) is 17.7 Å². The van der Waals surface area contributed by atoms with E-state index in [1.54, 1.807) is 37.7 Å². The third-order valence-electron chi connectivity index (χ3n) is 12.1. The van der Waals surface area contributed by atoms with E-state index in [-0.39, 0.29) is 40.6 Å². The zero-order chi connectivity index (χ0) is 46.0. The predicted octanol–water partition coefficient (Wildman–Crippen LogP) is 12.4. The number of benzene rings is 2. The van der Waals surface area contributed by atoms with Crippen LogP contribution in [0.2, 0.25) is 0 Å². The number of hydrogen-bond donors (Lipinski definition) is 5. The summed E-state index contributed by atoms with van der Waals surface area (Å²) in [5.74, 6) is 3.15. The maximum absolute atomic E-state index is 12.5. The molecule has 2 aromatic rings. The highest BCUT2D eigenvalue weighted by atomic mass is 32.2. The lowest BCUT2D eigenvalue weighted by Crippen LogP contribution is -2.42. The van der Waals surface area contributed by atoms with Crippen LogP contribution in [-0.2, 0) is 14.4 Å². The van der Waals surface area contributed by atoms with Gasteiger partial charge in [-0.2, -0.15) is 0 Å². The molecule has 4 atom stereocenters. The van der Waals surface area contributed by atoms with Crippen LogP contribution in [0.5, 0.6) is 11.5 Å². The maximum atomic E-state index is 12.5. The van der Waals surface area contributed by atoms with E-state index in [0.29, 0.717) is 5.75 Å². The summed E-state index contributed by atoms with van der Waals surface area (Å²) in [5.41, 5.74) is 3.02. The first-order valence-electron chi connectivity index (χ1n) is 25.2. The van der Waals surface area contributed by atoms with E-state index >= 15 is 0 Å². The molecule has 0 bridgehead atoms. The van der Waals surface area contributed by atoms with Gasteiger partial charge in [-0.1, -0.05) is 173 Å². The lowest BCUT2D eigenvalue weighted by Gasteiger charge is -2.15. The maximum Gasteiger partial charge on any atom is 0.238 e. The molecule has 0 aromatic heterocycles. The van der Waals surface area contributed by atoms with Gasteiger partial charge < -0.3 is 25.4 Å². The quantitative estimate of drug-likeness (QED) is 0.0444. The van der Waals surface area contributed by atoms with Crippen LogP contribution in [0.25, 0.3) is 0 Å². The fourth-order valence-electron chi connectivity index (χ4n) is 8.19. The number of methoxy groups -OCH3 is 2. The number of carbonyl (C=O) groups is 3. The number of nitrogens with one attached hydrogen (secondary N) is 5. The molecule has 0 spiro atoms. The summed E-state index contributed by atoms with van der Waals surface area (Å²) in [6, 6.07) is 13.4. The number of hydrogen-bond acceptors (Lipinski definition) is 9. The highest BCUT2D eigenvalue weighted by Crippen LogP contribution is 2.37. The number of rotatable bonds is 33. The molecule has 2 unspecified atom stereocenters. The fraction of sp³-hybridized carbons (Fsp3) is 0.712. The summed E-state index contributed by atoms with van der Waals surface area (Å²) in [6.45, 7) is 7.59. The van der Waals surface area contributed by atoms with Crippen molar-refractivity contribution < 1.29 is 23.9 Å². The van der Waals surface area contributed by atoms with E-state index in [0.717, 1.165) is 60.0 Å². The Morgan fingerprint density at radius 3 is 1.30 bits per heavy atom. The van der Waals surface area contributed by atoms with E-state index in [9.17, 15) is 14.4 Å². The van der Waals surface area contributed by atoms with Crippen molar-refractivity contribution in [2.45, 2.75) is 198 Å². The average molecular weight is 926 g/mol. The van der Waals surface area contributed by atoms with Crippen molar-refractivity contribution in [2.75, 3.05) is 44.1 Å². The zero-order valence-electron chi connectivity index (χ0n) is 40.5. The summed E-state index contributed by atoms with van der Waals surface area (Å²) in [5, 5.41) is 16.1. The van der Waals surface area contributed by atoms with Gasteiger partial charge in [0.1, 0.15) is 0 Å². The number of ether oxygens (including phenoxy) is 2. The highest BCUT2D eigenvalue weighted by Gasteiger charge is 2.31. The molecular weight excluding hydrogens is 839 g/mol. The molecule has 0 saturated carbocycles. The molecule has 362 valence electrons. The van der Waals surface area contributed by atoms with Crippen molar-refractivity contribution in [1.82, 2.24) is 21.3 Å². The molecular formula is C52H87N5O5S2. The molecule has 2 fully saturated rings. The summed E-state index contributed by atoms with van der Waals surface area (Å²) < 4.78 is 10.7. The molecule has 4 rings (SSSR count). The van der Waals surface area contributed by atoms with Crippen molar-refractivity contribution >= 4 is 46.9 Å².